The minimum atomic E-state index is -0.00165. The van der Waals surface area contributed by atoms with Gasteiger partial charge in [-0.1, -0.05) is 11.6 Å². The van der Waals surface area contributed by atoms with Gasteiger partial charge in [0, 0.05) is 23.5 Å². The lowest BCUT2D eigenvalue weighted by atomic mass is 10.2. The van der Waals surface area contributed by atoms with E-state index in [9.17, 15) is 4.79 Å². The molecule has 0 unspecified atom stereocenters. The van der Waals surface area contributed by atoms with Crippen LogP contribution in [0.2, 0.25) is 0 Å². The van der Waals surface area contributed by atoms with Crippen molar-refractivity contribution in [3.63, 3.8) is 0 Å². The summed E-state index contributed by atoms with van der Waals surface area (Å²) in [4.78, 5) is 11.6. The Morgan fingerprint density at radius 3 is 2.56 bits per heavy atom. The summed E-state index contributed by atoms with van der Waals surface area (Å²) in [6, 6.07) is 1.92. The highest BCUT2D eigenvalue weighted by molar-refractivity contribution is 6.30. The Labute approximate surface area is 102 Å². The molecular formula is C13H18ClNO. The third-order valence-electron chi connectivity index (χ3n) is 2.68. The molecule has 88 valence electrons. The van der Waals surface area contributed by atoms with E-state index in [-0.39, 0.29) is 11.7 Å². The number of aryl methyl sites for hydroxylation is 1. The van der Waals surface area contributed by atoms with Crippen LogP contribution < -0.4 is 0 Å². The second-order valence-electron chi connectivity index (χ2n) is 4.23. The van der Waals surface area contributed by atoms with Gasteiger partial charge >= 0.3 is 0 Å². The van der Waals surface area contributed by atoms with Crippen LogP contribution in [0.15, 0.2) is 17.7 Å². The first kappa shape index (κ1) is 13.0. The summed E-state index contributed by atoms with van der Waals surface area (Å²) < 4.78 is 2.13. The van der Waals surface area contributed by atoms with Crippen LogP contribution in [0.1, 0.15) is 35.6 Å². The Hall–Kier alpha value is -1.02. The van der Waals surface area contributed by atoms with Crippen LogP contribution in [-0.4, -0.2) is 16.2 Å². The number of nitrogens with zero attached hydrogens (tertiary/aromatic N) is 1. The number of hydrogen-bond donors (Lipinski definition) is 0. The lowest BCUT2D eigenvalue weighted by Gasteiger charge is -2.06. The fourth-order valence-electron chi connectivity index (χ4n) is 1.71. The van der Waals surface area contributed by atoms with Gasteiger partial charge in [-0.15, -0.1) is 11.6 Å². The van der Waals surface area contributed by atoms with E-state index in [0.717, 1.165) is 23.5 Å². The van der Waals surface area contributed by atoms with Crippen molar-refractivity contribution in [3.05, 3.63) is 34.7 Å². The number of carbonyl (C=O) groups is 1. The first-order valence-electron chi connectivity index (χ1n) is 5.36. The lowest BCUT2D eigenvalue weighted by molar-refractivity contribution is 0.102. The third-order valence-corrected chi connectivity index (χ3v) is 2.92. The molecule has 1 aromatic heterocycles. The Morgan fingerprint density at radius 1 is 1.44 bits per heavy atom. The number of aromatic nitrogens is 1. The first-order chi connectivity index (χ1) is 7.47. The fourth-order valence-corrected chi connectivity index (χ4v) is 1.85. The van der Waals surface area contributed by atoms with Gasteiger partial charge in [0.25, 0.3) is 0 Å². The zero-order valence-corrected chi connectivity index (χ0v) is 11.1. The number of alkyl halides is 1. The predicted octanol–water partition coefficient (Wildman–Crippen LogP) is 3.49. The standard InChI is InChI=1S/C13H18ClNO/c1-9(2)5-6-15-10(3)7-12(11(15)4)13(16)8-14/h5,7H,6,8H2,1-4H3. The molecule has 0 atom stereocenters. The average Bonchev–Trinajstić information content (AvgIpc) is 2.51. The van der Waals surface area contributed by atoms with Gasteiger partial charge in [-0.3, -0.25) is 4.79 Å². The molecular weight excluding hydrogens is 222 g/mol. The molecule has 0 aliphatic rings. The van der Waals surface area contributed by atoms with Gasteiger partial charge in [-0.25, -0.2) is 0 Å². The molecule has 3 heteroatoms. The second-order valence-corrected chi connectivity index (χ2v) is 4.50. The number of hydrogen-bond acceptors (Lipinski definition) is 1. The number of halogens is 1. The van der Waals surface area contributed by atoms with Gasteiger partial charge in [0.1, 0.15) is 0 Å². The van der Waals surface area contributed by atoms with Crippen LogP contribution in [0.25, 0.3) is 0 Å². The van der Waals surface area contributed by atoms with Crippen molar-refractivity contribution >= 4 is 17.4 Å². The molecule has 0 spiro atoms. The molecule has 1 rings (SSSR count). The summed E-state index contributed by atoms with van der Waals surface area (Å²) in [5.41, 5.74) is 4.12. The van der Waals surface area contributed by atoms with Crippen molar-refractivity contribution in [1.29, 1.82) is 0 Å². The number of allylic oxidation sites excluding steroid dienone is 2. The minimum Gasteiger partial charge on any atom is -0.345 e. The summed E-state index contributed by atoms with van der Waals surface area (Å²) >= 11 is 5.58. The summed E-state index contributed by atoms with van der Waals surface area (Å²) in [7, 11) is 0. The van der Waals surface area contributed by atoms with E-state index in [1.807, 2.05) is 19.9 Å². The number of rotatable bonds is 4. The van der Waals surface area contributed by atoms with E-state index in [2.05, 4.69) is 24.5 Å². The smallest absolute Gasteiger partial charge is 0.179 e. The highest BCUT2D eigenvalue weighted by Gasteiger charge is 2.13. The summed E-state index contributed by atoms with van der Waals surface area (Å²) in [5.74, 6) is 0.0469. The molecule has 0 fully saturated rings. The highest BCUT2D eigenvalue weighted by atomic mass is 35.5. The zero-order chi connectivity index (χ0) is 12.3. The quantitative estimate of drug-likeness (QED) is 0.448. The van der Waals surface area contributed by atoms with Crippen molar-refractivity contribution in [3.8, 4) is 0 Å². The molecule has 0 radical (unpaired) electrons. The zero-order valence-electron chi connectivity index (χ0n) is 10.3. The maximum Gasteiger partial charge on any atom is 0.179 e. The number of Topliss-reactive ketones (excluding diaryl/α,β-unsaturated/α-hetero) is 1. The monoisotopic (exact) mass is 239 g/mol. The Kier molecular flexibility index (Phi) is 4.36. The fraction of sp³-hybridized carbons (Fsp3) is 0.462. The molecule has 0 saturated carbocycles. The largest absolute Gasteiger partial charge is 0.345 e. The van der Waals surface area contributed by atoms with Crippen LogP contribution in [-0.2, 0) is 6.54 Å². The Morgan fingerprint density at radius 2 is 2.06 bits per heavy atom. The SMILES string of the molecule is CC(C)=CCn1c(C)cc(C(=O)CCl)c1C. The van der Waals surface area contributed by atoms with Crippen LogP contribution >= 0.6 is 11.6 Å². The summed E-state index contributed by atoms with van der Waals surface area (Å²) in [6.45, 7) is 8.93. The van der Waals surface area contributed by atoms with Gasteiger partial charge in [-0.2, -0.15) is 0 Å². The summed E-state index contributed by atoms with van der Waals surface area (Å²) in [6.07, 6.45) is 2.15. The topological polar surface area (TPSA) is 22.0 Å². The molecule has 16 heavy (non-hydrogen) atoms. The van der Waals surface area contributed by atoms with E-state index in [1.165, 1.54) is 5.57 Å². The van der Waals surface area contributed by atoms with Crippen molar-refractivity contribution in [1.82, 2.24) is 4.57 Å². The Balaban J connectivity index is 3.07. The predicted molar refractivity (Wildman–Crippen MR) is 68.4 cm³/mol. The van der Waals surface area contributed by atoms with Crippen molar-refractivity contribution < 1.29 is 4.79 Å². The number of ketones is 1. The van der Waals surface area contributed by atoms with Crippen LogP contribution in [0.4, 0.5) is 0 Å². The van der Waals surface area contributed by atoms with E-state index in [4.69, 9.17) is 11.6 Å². The number of carbonyl (C=O) groups excluding carboxylic acids is 1. The third kappa shape index (κ3) is 2.76. The molecule has 0 aliphatic carbocycles. The van der Waals surface area contributed by atoms with Gasteiger partial charge in [0.15, 0.2) is 5.78 Å². The molecule has 0 aliphatic heterocycles. The second kappa shape index (κ2) is 5.35. The van der Waals surface area contributed by atoms with Crippen LogP contribution in [0, 0.1) is 13.8 Å². The summed E-state index contributed by atoms with van der Waals surface area (Å²) in [5, 5.41) is 0. The van der Waals surface area contributed by atoms with E-state index >= 15 is 0 Å². The van der Waals surface area contributed by atoms with Gasteiger partial charge in [0.2, 0.25) is 0 Å². The maximum absolute atomic E-state index is 11.6. The van der Waals surface area contributed by atoms with Crippen LogP contribution in [0.5, 0.6) is 0 Å². The van der Waals surface area contributed by atoms with Gasteiger partial charge in [-0.05, 0) is 33.8 Å². The lowest BCUT2D eigenvalue weighted by Crippen LogP contribution is -2.05. The van der Waals surface area contributed by atoms with E-state index in [0.29, 0.717) is 0 Å². The molecule has 0 N–H and O–H groups in total. The van der Waals surface area contributed by atoms with E-state index in [1.54, 1.807) is 0 Å². The molecule has 0 aromatic carbocycles. The molecule has 1 heterocycles. The van der Waals surface area contributed by atoms with Gasteiger partial charge < -0.3 is 4.57 Å². The molecule has 0 bridgehead atoms. The normalized spacial score (nSPS) is 10.3. The molecule has 1 aromatic rings. The molecule has 0 saturated heterocycles. The minimum absolute atomic E-state index is 0.00165. The van der Waals surface area contributed by atoms with Crippen molar-refractivity contribution in [2.45, 2.75) is 34.2 Å². The molecule has 2 nitrogen and oxygen atoms in total. The van der Waals surface area contributed by atoms with Crippen LogP contribution in [0.3, 0.4) is 0 Å². The van der Waals surface area contributed by atoms with E-state index < -0.39 is 0 Å². The molecule has 0 amide bonds. The van der Waals surface area contributed by atoms with Crippen molar-refractivity contribution in [2.24, 2.45) is 0 Å². The Bertz CT molecular complexity index is 425. The van der Waals surface area contributed by atoms with Crippen molar-refractivity contribution in [2.75, 3.05) is 5.88 Å². The average molecular weight is 240 g/mol. The first-order valence-corrected chi connectivity index (χ1v) is 5.90. The van der Waals surface area contributed by atoms with Gasteiger partial charge in [0.05, 0.1) is 5.88 Å². The maximum atomic E-state index is 11.6. The highest BCUT2D eigenvalue weighted by Crippen LogP contribution is 2.16.